The number of nitrogens with zero attached hydrogens (tertiary/aromatic N) is 2. The Morgan fingerprint density at radius 2 is 2.10 bits per heavy atom. The average molecular weight is 329 g/mol. The van der Waals surface area contributed by atoms with Crippen LogP contribution in [0, 0.1) is 0 Å². The Kier molecular flexibility index (Phi) is 4.21. The van der Waals surface area contributed by atoms with Gasteiger partial charge in [-0.15, -0.1) is 11.6 Å². The number of halogens is 2. The molecule has 0 aliphatic heterocycles. The molecule has 1 heterocycles. The summed E-state index contributed by atoms with van der Waals surface area (Å²) in [6.07, 6.45) is 7.38. The summed E-state index contributed by atoms with van der Waals surface area (Å²) in [5, 5.41) is 0.764. The molecule has 2 nitrogen and oxygen atoms in total. The summed E-state index contributed by atoms with van der Waals surface area (Å²) in [4.78, 5) is 4.64. The molecule has 1 aliphatic rings. The van der Waals surface area contributed by atoms with Crippen molar-refractivity contribution in [3.8, 4) is 0 Å². The third kappa shape index (κ3) is 2.44. The van der Waals surface area contributed by atoms with Crippen LogP contribution in [0.3, 0.4) is 0 Å². The zero-order valence-electron chi connectivity index (χ0n) is 11.5. The number of hydrogen-bond donors (Lipinski definition) is 0. The van der Waals surface area contributed by atoms with Crippen LogP contribution in [0.2, 0.25) is 5.02 Å². The lowest BCUT2D eigenvalue weighted by Gasteiger charge is -2.28. The molecule has 1 aromatic carbocycles. The first kappa shape index (κ1) is 14.6. The van der Waals surface area contributed by atoms with Gasteiger partial charge in [-0.3, -0.25) is 0 Å². The predicted molar refractivity (Wildman–Crippen MR) is 89.0 cm³/mol. The maximum absolute atomic E-state index is 6.40. The van der Waals surface area contributed by atoms with Crippen LogP contribution < -0.4 is 0 Å². The minimum absolute atomic E-state index is 0.313. The van der Waals surface area contributed by atoms with Crippen molar-refractivity contribution in [3.63, 3.8) is 0 Å². The summed E-state index contributed by atoms with van der Waals surface area (Å²) in [5.41, 5.74) is 1.98. The molecule has 0 N–H and O–H groups in total. The van der Waals surface area contributed by atoms with E-state index >= 15 is 0 Å². The van der Waals surface area contributed by atoms with Gasteiger partial charge in [0, 0.05) is 11.3 Å². The molecule has 0 amide bonds. The van der Waals surface area contributed by atoms with E-state index in [1.54, 1.807) is 0 Å². The number of fused-ring (bicyclic) bond motifs is 1. The molecule has 1 saturated carbocycles. The largest absolute Gasteiger partial charge is 0.324 e. The Labute approximate surface area is 133 Å². The lowest BCUT2D eigenvalue weighted by molar-refractivity contribution is 0.505. The Bertz CT molecular complexity index is 618. The second-order valence-corrected chi connectivity index (χ2v) is 7.40. The Hall–Kier alpha value is -0.380. The summed E-state index contributed by atoms with van der Waals surface area (Å²) >= 11 is 14.5. The topological polar surface area (TPSA) is 17.8 Å². The number of imidazole rings is 1. The molecule has 0 radical (unpaired) electrons. The number of rotatable bonds is 4. The second-order valence-electron chi connectivity index (χ2n) is 5.45. The minimum atomic E-state index is 0.313. The molecule has 3 rings (SSSR count). The second kappa shape index (κ2) is 5.78. The molecule has 0 saturated heterocycles. The highest BCUT2D eigenvalue weighted by atomic mass is 35.5. The van der Waals surface area contributed by atoms with Crippen molar-refractivity contribution in [3.05, 3.63) is 29.0 Å². The number of hydrogen-bond acceptors (Lipinski definition) is 2. The number of aromatic nitrogens is 2. The lowest BCUT2D eigenvalue weighted by Crippen LogP contribution is -2.27. The van der Waals surface area contributed by atoms with Crippen LogP contribution in [0.5, 0.6) is 0 Å². The van der Waals surface area contributed by atoms with Gasteiger partial charge in [-0.25, -0.2) is 4.98 Å². The van der Waals surface area contributed by atoms with Gasteiger partial charge in [-0.05, 0) is 31.2 Å². The fraction of sp³-hybridized carbons (Fsp3) is 0.533. The number of alkyl halides is 1. The molecule has 2 aromatic rings. The van der Waals surface area contributed by atoms with Gasteiger partial charge in [0.25, 0.3) is 0 Å². The minimum Gasteiger partial charge on any atom is -0.324 e. The third-order valence-corrected chi connectivity index (χ3v) is 6.26. The van der Waals surface area contributed by atoms with E-state index in [1.165, 1.54) is 25.7 Å². The van der Waals surface area contributed by atoms with Crippen molar-refractivity contribution >= 4 is 46.0 Å². The normalized spacial score (nSPS) is 17.9. The molecule has 1 fully saturated rings. The zero-order chi connectivity index (χ0) is 14.2. The average Bonchev–Trinajstić information content (AvgIpc) is 3.05. The highest BCUT2D eigenvalue weighted by Gasteiger charge is 2.34. The van der Waals surface area contributed by atoms with Gasteiger partial charge < -0.3 is 4.57 Å². The first-order chi connectivity index (χ1) is 9.69. The van der Waals surface area contributed by atoms with E-state index in [1.807, 2.05) is 30.0 Å². The van der Waals surface area contributed by atoms with Gasteiger partial charge >= 0.3 is 0 Å². The molecule has 108 valence electrons. The summed E-state index contributed by atoms with van der Waals surface area (Å²) in [6, 6.07) is 5.88. The number of thioether (sulfide) groups is 1. The van der Waals surface area contributed by atoms with Crippen LogP contribution in [0.1, 0.15) is 31.5 Å². The van der Waals surface area contributed by atoms with Crippen LogP contribution in [0.4, 0.5) is 0 Å². The van der Waals surface area contributed by atoms with Crippen LogP contribution in [0.25, 0.3) is 11.0 Å². The van der Waals surface area contributed by atoms with E-state index in [-0.39, 0.29) is 0 Å². The SMILES string of the molecule is CSC1(Cn2c(CCl)nc3cccc(Cl)c32)CCCC1. The van der Waals surface area contributed by atoms with Crippen molar-refractivity contribution < 1.29 is 0 Å². The molecule has 0 spiro atoms. The molecule has 0 bridgehead atoms. The summed E-state index contributed by atoms with van der Waals surface area (Å²) in [6.45, 7) is 0.955. The molecule has 1 aromatic heterocycles. The van der Waals surface area contributed by atoms with Gasteiger partial charge in [0.05, 0.1) is 21.9 Å². The van der Waals surface area contributed by atoms with Crippen molar-refractivity contribution in [1.29, 1.82) is 0 Å². The molecular formula is C15H18Cl2N2S. The zero-order valence-corrected chi connectivity index (χ0v) is 13.9. The summed E-state index contributed by atoms with van der Waals surface area (Å²) in [7, 11) is 0. The van der Waals surface area contributed by atoms with Crippen LogP contribution in [-0.4, -0.2) is 20.6 Å². The van der Waals surface area contributed by atoms with E-state index in [0.717, 1.165) is 28.4 Å². The summed E-state index contributed by atoms with van der Waals surface area (Å²) < 4.78 is 2.56. The Balaban J connectivity index is 2.09. The maximum Gasteiger partial charge on any atom is 0.124 e. The maximum atomic E-state index is 6.40. The Morgan fingerprint density at radius 3 is 2.75 bits per heavy atom. The van der Waals surface area contributed by atoms with Crippen molar-refractivity contribution in [2.45, 2.75) is 42.9 Å². The molecule has 5 heteroatoms. The van der Waals surface area contributed by atoms with Crippen molar-refractivity contribution in [2.75, 3.05) is 6.26 Å². The van der Waals surface area contributed by atoms with Crippen molar-refractivity contribution in [2.24, 2.45) is 0 Å². The highest BCUT2D eigenvalue weighted by molar-refractivity contribution is 8.00. The number of para-hydroxylation sites is 1. The standard InChI is InChI=1S/C15H18Cl2N2S/c1-20-15(7-2-3-8-15)10-19-13(9-16)18-12-6-4-5-11(17)14(12)19/h4-6H,2-3,7-10H2,1H3. The fourth-order valence-electron chi connectivity index (χ4n) is 3.20. The quantitative estimate of drug-likeness (QED) is 0.726. The van der Waals surface area contributed by atoms with Crippen LogP contribution >= 0.6 is 35.0 Å². The van der Waals surface area contributed by atoms with Gasteiger partial charge in [-0.1, -0.05) is 30.5 Å². The summed E-state index contributed by atoms with van der Waals surface area (Å²) in [5.74, 6) is 1.35. The first-order valence-electron chi connectivity index (χ1n) is 6.94. The molecular weight excluding hydrogens is 311 g/mol. The highest BCUT2D eigenvalue weighted by Crippen LogP contribution is 2.42. The van der Waals surface area contributed by atoms with Crippen molar-refractivity contribution in [1.82, 2.24) is 9.55 Å². The monoisotopic (exact) mass is 328 g/mol. The predicted octanol–water partition coefficient (Wildman–Crippen LogP) is 5.10. The van der Waals surface area contributed by atoms with E-state index in [4.69, 9.17) is 23.2 Å². The van der Waals surface area contributed by atoms with E-state index in [9.17, 15) is 0 Å². The van der Waals surface area contributed by atoms with Gasteiger partial charge in [0.1, 0.15) is 5.82 Å². The van der Waals surface area contributed by atoms with Crippen LogP contribution in [0.15, 0.2) is 18.2 Å². The van der Waals surface area contributed by atoms with Gasteiger partial charge in [-0.2, -0.15) is 11.8 Å². The van der Waals surface area contributed by atoms with Gasteiger partial charge in [0.15, 0.2) is 0 Å². The molecule has 1 aliphatic carbocycles. The van der Waals surface area contributed by atoms with Crippen LogP contribution in [-0.2, 0) is 12.4 Å². The van der Waals surface area contributed by atoms with E-state index in [0.29, 0.717) is 10.6 Å². The molecule has 0 atom stereocenters. The van der Waals surface area contributed by atoms with E-state index < -0.39 is 0 Å². The molecule has 20 heavy (non-hydrogen) atoms. The lowest BCUT2D eigenvalue weighted by atomic mass is 10.1. The Morgan fingerprint density at radius 1 is 1.35 bits per heavy atom. The molecule has 0 unspecified atom stereocenters. The first-order valence-corrected chi connectivity index (χ1v) is 9.07. The number of benzene rings is 1. The van der Waals surface area contributed by atoms with E-state index in [2.05, 4.69) is 15.8 Å². The van der Waals surface area contributed by atoms with Gasteiger partial charge in [0.2, 0.25) is 0 Å². The fourth-order valence-corrected chi connectivity index (χ4v) is 4.63. The third-order valence-electron chi connectivity index (χ3n) is 4.31. The smallest absolute Gasteiger partial charge is 0.124 e.